The van der Waals surface area contributed by atoms with Gasteiger partial charge < -0.3 is 10.2 Å². The minimum atomic E-state index is -4.19. The van der Waals surface area contributed by atoms with Gasteiger partial charge in [-0.1, -0.05) is 101 Å². The minimum absolute atomic E-state index is 0.0259. The quantitative estimate of drug-likeness (QED) is 0.160. The van der Waals surface area contributed by atoms with E-state index in [0.717, 1.165) is 14.3 Å². The molecule has 0 aliphatic heterocycles. The second kappa shape index (κ2) is 15.6. The van der Waals surface area contributed by atoms with Crippen molar-refractivity contribution in [2.45, 2.75) is 37.2 Å². The zero-order valence-corrected chi connectivity index (χ0v) is 27.9. The molecule has 0 aliphatic carbocycles. The number of rotatable bonds is 13. The Morgan fingerprint density at radius 2 is 1.43 bits per heavy atom. The Balaban J connectivity index is 1.82. The Morgan fingerprint density at radius 3 is 2.02 bits per heavy atom. The van der Waals surface area contributed by atoms with Gasteiger partial charge in [-0.25, -0.2) is 8.42 Å². The van der Waals surface area contributed by atoms with Gasteiger partial charge in [0.2, 0.25) is 11.8 Å². The maximum absolute atomic E-state index is 14.5. The van der Waals surface area contributed by atoms with Crippen LogP contribution in [0.15, 0.2) is 112 Å². The van der Waals surface area contributed by atoms with Gasteiger partial charge in [-0.05, 0) is 60.5 Å². The Bertz CT molecular complexity index is 1650. The second-order valence-corrected chi connectivity index (χ2v) is 13.6. The number of hydrogen-bond donors (Lipinski definition) is 1. The van der Waals surface area contributed by atoms with Crippen LogP contribution in [-0.4, -0.2) is 44.3 Å². The van der Waals surface area contributed by atoms with Gasteiger partial charge in [0.05, 0.1) is 10.6 Å². The standard InChI is InChI=1S/C33H32BrCl2N3O4S/c1-2-20-37-33(41)31(21-24-10-5-3-6-11-24)38(22-28-29(35)14-9-15-30(28)36)32(40)23-39(26-18-16-25(34)17-19-26)44(42,43)27-12-7-4-8-13-27/h3-19,31H,2,20-23H2,1H3,(H,37,41). The number of benzene rings is 4. The average Bonchev–Trinajstić information content (AvgIpc) is 3.03. The van der Waals surface area contributed by atoms with E-state index in [1.807, 2.05) is 37.3 Å². The summed E-state index contributed by atoms with van der Waals surface area (Å²) in [5, 5.41) is 3.56. The SMILES string of the molecule is CCCNC(=O)C(Cc1ccccc1)N(Cc1c(Cl)cccc1Cl)C(=O)CN(c1ccc(Br)cc1)S(=O)(=O)c1ccccc1. The van der Waals surface area contributed by atoms with Gasteiger partial charge in [0, 0.05) is 39.6 Å². The zero-order chi connectivity index (χ0) is 31.7. The largest absolute Gasteiger partial charge is 0.354 e. The summed E-state index contributed by atoms with van der Waals surface area (Å²) in [4.78, 5) is 29.6. The number of anilines is 1. The van der Waals surface area contributed by atoms with Crippen LogP contribution < -0.4 is 9.62 Å². The third kappa shape index (κ3) is 8.41. The highest BCUT2D eigenvalue weighted by Gasteiger charge is 2.35. The summed E-state index contributed by atoms with van der Waals surface area (Å²) in [5.41, 5.74) is 1.57. The maximum atomic E-state index is 14.5. The molecule has 0 spiro atoms. The molecule has 1 unspecified atom stereocenters. The van der Waals surface area contributed by atoms with E-state index < -0.39 is 28.5 Å². The topological polar surface area (TPSA) is 86.8 Å². The van der Waals surface area contributed by atoms with Crippen molar-refractivity contribution in [2.24, 2.45) is 0 Å². The molecule has 4 aromatic carbocycles. The molecule has 1 atom stereocenters. The molecule has 0 saturated carbocycles. The van der Waals surface area contributed by atoms with Gasteiger partial charge in [0.1, 0.15) is 12.6 Å². The number of carbonyl (C=O) groups is 2. The summed E-state index contributed by atoms with van der Waals surface area (Å²) < 4.78 is 29.8. The first-order valence-electron chi connectivity index (χ1n) is 14.0. The predicted octanol–water partition coefficient (Wildman–Crippen LogP) is 7.12. The van der Waals surface area contributed by atoms with Crippen LogP contribution in [0.5, 0.6) is 0 Å². The van der Waals surface area contributed by atoms with Gasteiger partial charge in [-0.2, -0.15) is 0 Å². The molecule has 1 N–H and O–H groups in total. The molecule has 0 bridgehead atoms. The summed E-state index contributed by atoms with van der Waals surface area (Å²) in [6.45, 7) is 1.65. The first-order chi connectivity index (χ1) is 21.1. The van der Waals surface area contributed by atoms with Crippen LogP contribution in [0.4, 0.5) is 5.69 Å². The van der Waals surface area contributed by atoms with E-state index in [0.29, 0.717) is 28.6 Å². The molecule has 4 aromatic rings. The van der Waals surface area contributed by atoms with Gasteiger partial charge >= 0.3 is 0 Å². The third-order valence-electron chi connectivity index (χ3n) is 6.94. The van der Waals surface area contributed by atoms with Crippen LogP contribution in [0.2, 0.25) is 10.0 Å². The Morgan fingerprint density at radius 1 is 0.841 bits per heavy atom. The van der Waals surface area contributed by atoms with E-state index in [-0.39, 0.29) is 29.5 Å². The lowest BCUT2D eigenvalue weighted by Gasteiger charge is -2.34. The molecule has 4 rings (SSSR count). The van der Waals surface area contributed by atoms with E-state index in [4.69, 9.17) is 23.2 Å². The summed E-state index contributed by atoms with van der Waals surface area (Å²) in [7, 11) is -4.19. The van der Waals surface area contributed by atoms with Crippen molar-refractivity contribution in [2.75, 3.05) is 17.4 Å². The number of halogens is 3. The van der Waals surface area contributed by atoms with E-state index in [9.17, 15) is 18.0 Å². The van der Waals surface area contributed by atoms with Crippen molar-refractivity contribution in [3.63, 3.8) is 0 Å². The molecule has 0 fully saturated rings. The third-order valence-corrected chi connectivity index (χ3v) is 9.96. The summed E-state index contributed by atoms with van der Waals surface area (Å²) in [6.07, 6.45) is 0.884. The molecule has 0 aromatic heterocycles. The van der Waals surface area contributed by atoms with Crippen LogP contribution in [-0.2, 0) is 32.6 Å². The van der Waals surface area contributed by atoms with E-state index in [1.165, 1.54) is 17.0 Å². The highest BCUT2D eigenvalue weighted by Crippen LogP contribution is 2.29. The Hall–Kier alpha value is -3.37. The number of nitrogens with zero attached hydrogens (tertiary/aromatic N) is 2. The van der Waals surface area contributed by atoms with Gasteiger partial charge in [0.25, 0.3) is 10.0 Å². The maximum Gasteiger partial charge on any atom is 0.264 e. The zero-order valence-electron chi connectivity index (χ0n) is 24.0. The molecular weight excluding hydrogens is 685 g/mol. The van der Waals surface area contributed by atoms with Crippen molar-refractivity contribution in [3.8, 4) is 0 Å². The minimum Gasteiger partial charge on any atom is -0.354 e. The van der Waals surface area contributed by atoms with Crippen LogP contribution >= 0.6 is 39.1 Å². The number of amides is 2. The van der Waals surface area contributed by atoms with E-state index in [2.05, 4.69) is 21.2 Å². The van der Waals surface area contributed by atoms with Crippen molar-refractivity contribution in [1.82, 2.24) is 10.2 Å². The molecule has 0 aliphatic rings. The molecule has 44 heavy (non-hydrogen) atoms. The fourth-order valence-corrected chi connectivity index (χ4v) is 6.85. The lowest BCUT2D eigenvalue weighted by atomic mass is 10.0. The monoisotopic (exact) mass is 715 g/mol. The molecule has 11 heteroatoms. The molecule has 0 saturated heterocycles. The lowest BCUT2D eigenvalue weighted by Crippen LogP contribution is -2.53. The summed E-state index contributed by atoms with van der Waals surface area (Å²) in [5.74, 6) is -0.968. The van der Waals surface area contributed by atoms with Gasteiger partial charge in [0.15, 0.2) is 0 Å². The van der Waals surface area contributed by atoms with Crippen molar-refractivity contribution in [1.29, 1.82) is 0 Å². The molecular formula is C33H32BrCl2N3O4S. The highest BCUT2D eigenvalue weighted by molar-refractivity contribution is 9.10. The fraction of sp³-hybridized carbons (Fsp3) is 0.212. The second-order valence-electron chi connectivity index (χ2n) is 10.0. The summed E-state index contributed by atoms with van der Waals surface area (Å²) >= 11 is 16.5. The Kier molecular flexibility index (Phi) is 11.9. The van der Waals surface area contributed by atoms with Crippen molar-refractivity contribution < 1.29 is 18.0 Å². The number of hydrogen-bond acceptors (Lipinski definition) is 4. The lowest BCUT2D eigenvalue weighted by molar-refractivity contribution is -0.140. The molecule has 2 amide bonds. The molecule has 230 valence electrons. The number of carbonyl (C=O) groups excluding carboxylic acids is 2. The van der Waals surface area contributed by atoms with Crippen molar-refractivity contribution >= 4 is 66.7 Å². The van der Waals surface area contributed by atoms with Crippen LogP contribution in [0.25, 0.3) is 0 Å². The Labute approximate surface area is 277 Å². The average molecular weight is 718 g/mol. The number of nitrogens with one attached hydrogen (secondary N) is 1. The normalized spacial score (nSPS) is 11.9. The van der Waals surface area contributed by atoms with E-state index in [1.54, 1.807) is 60.7 Å². The van der Waals surface area contributed by atoms with Crippen LogP contribution in [0.1, 0.15) is 24.5 Å². The first-order valence-corrected chi connectivity index (χ1v) is 17.0. The highest BCUT2D eigenvalue weighted by atomic mass is 79.9. The van der Waals surface area contributed by atoms with E-state index >= 15 is 0 Å². The van der Waals surface area contributed by atoms with Crippen molar-refractivity contribution in [3.05, 3.63) is 129 Å². The number of sulfonamides is 1. The fourth-order valence-electron chi connectivity index (χ4n) is 4.63. The smallest absolute Gasteiger partial charge is 0.264 e. The summed E-state index contributed by atoms with van der Waals surface area (Å²) in [6, 6.07) is 27.9. The molecule has 7 nitrogen and oxygen atoms in total. The molecule has 0 heterocycles. The van der Waals surface area contributed by atoms with Gasteiger partial charge in [-0.3, -0.25) is 13.9 Å². The predicted molar refractivity (Wildman–Crippen MR) is 179 cm³/mol. The first kappa shape index (κ1) is 33.5. The molecule has 0 radical (unpaired) electrons. The van der Waals surface area contributed by atoms with Crippen LogP contribution in [0.3, 0.4) is 0 Å². The van der Waals surface area contributed by atoms with Crippen LogP contribution in [0, 0.1) is 0 Å². The van der Waals surface area contributed by atoms with Gasteiger partial charge in [-0.15, -0.1) is 0 Å².